The fraction of sp³-hybridized carbons (Fsp3) is 0. The van der Waals surface area contributed by atoms with Gasteiger partial charge in [-0.15, -0.1) is 5.73 Å². The Bertz CT molecular complexity index is 656. The highest BCUT2D eigenvalue weighted by molar-refractivity contribution is 5.71. The van der Waals surface area contributed by atoms with Crippen molar-refractivity contribution in [2.75, 3.05) is 0 Å². The van der Waals surface area contributed by atoms with Crippen molar-refractivity contribution in [1.82, 2.24) is 0 Å². The summed E-state index contributed by atoms with van der Waals surface area (Å²) in [5.74, 6) is 0. The smallest absolute Gasteiger partial charge is 0.0237 e. The van der Waals surface area contributed by atoms with Gasteiger partial charge < -0.3 is 0 Å². The van der Waals surface area contributed by atoms with Gasteiger partial charge in [-0.2, -0.15) is 0 Å². The van der Waals surface area contributed by atoms with Crippen LogP contribution in [0.25, 0.3) is 17.9 Å². The van der Waals surface area contributed by atoms with E-state index in [1.807, 2.05) is 6.07 Å². The predicted molar refractivity (Wildman–Crippen MR) is 63.6 cm³/mol. The van der Waals surface area contributed by atoms with E-state index in [1.54, 1.807) is 0 Å². The van der Waals surface area contributed by atoms with Crippen LogP contribution in [0.2, 0.25) is 0 Å². The Hall–Kier alpha value is -2.04. The quantitative estimate of drug-likeness (QED) is 0.508. The van der Waals surface area contributed by atoms with Crippen molar-refractivity contribution in [3.63, 3.8) is 0 Å². The van der Waals surface area contributed by atoms with Gasteiger partial charge in [-0.05, 0) is 34.6 Å². The zero-order valence-corrected chi connectivity index (χ0v) is 8.27. The van der Waals surface area contributed by atoms with E-state index in [0.717, 1.165) is 5.22 Å². The molecule has 2 aromatic rings. The van der Waals surface area contributed by atoms with Gasteiger partial charge in [0.1, 0.15) is 0 Å². The van der Waals surface area contributed by atoms with Crippen LogP contribution >= 0.6 is 0 Å². The van der Waals surface area contributed by atoms with Crippen LogP contribution in [-0.2, 0) is 0 Å². The van der Waals surface area contributed by atoms with Gasteiger partial charge in [0, 0.05) is 5.22 Å². The predicted octanol–water partition coefficient (Wildman–Crippen LogP) is 1.92. The average Bonchev–Trinajstić information content (AvgIpc) is 2.48. The summed E-state index contributed by atoms with van der Waals surface area (Å²) in [5, 5.41) is 2.40. The highest BCUT2D eigenvalue weighted by Gasteiger charge is 1.96. The Morgan fingerprint density at radius 2 is 1.47 bits per heavy atom. The summed E-state index contributed by atoms with van der Waals surface area (Å²) in [7, 11) is 0. The second kappa shape index (κ2) is 3.27. The largest absolute Gasteiger partial charge is 0.112 e. The Balaban J connectivity index is 2.48. The highest BCUT2D eigenvalue weighted by Crippen LogP contribution is 2.11. The third kappa shape index (κ3) is 1.41. The van der Waals surface area contributed by atoms with E-state index in [9.17, 15) is 0 Å². The lowest BCUT2D eigenvalue weighted by molar-refractivity contribution is 1.52. The molecule has 0 bridgehead atoms. The number of benzene rings is 2. The summed E-state index contributed by atoms with van der Waals surface area (Å²) in [4.78, 5) is 0. The van der Waals surface area contributed by atoms with E-state index in [1.165, 1.54) is 16.3 Å². The molecule has 0 N–H and O–H groups in total. The molecule has 0 atom stereocenters. The summed E-state index contributed by atoms with van der Waals surface area (Å²) in [6.07, 6.45) is 4.26. The van der Waals surface area contributed by atoms with Crippen molar-refractivity contribution < 1.29 is 0 Å². The molecule has 1 aliphatic rings. The lowest BCUT2D eigenvalue weighted by Crippen LogP contribution is -2.21. The van der Waals surface area contributed by atoms with Crippen LogP contribution in [0.1, 0.15) is 11.1 Å². The first-order chi connectivity index (χ1) is 7.43. The molecule has 0 aromatic heterocycles. The minimum absolute atomic E-state index is 1.16. The Labute approximate surface area is 88.5 Å². The van der Waals surface area contributed by atoms with Gasteiger partial charge in [0.15, 0.2) is 0 Å². The van der Waals surface area contributed by atoms with Crippen molar-refractivity contribution in [2.24, 2.45) is 0 Å². The summed E-state index contributed by atoms with van der Waals surface area (Å²) >= 11 is 0. The molecule has 0 amide bonds. The van der Waals surface area contributed by atoms with Gasteiger partial charge in [-0.3, -0.25) is 0 Å². The minimum atomic E-state index is 1.16. The van der Waals surface area contributed by atoms with Crippen LogP contribution in [-0.4, -0.2) is 0 Å². The molecule has 0 saturated carbocycles. The van der Waals surface area contributed by atoms with E-state index in [2.05, 4.69) is 60.3 Å². The van der Waals surface area contributed by atoms with Gasteiger partial charge in [-0.1, -0.05) is 42.5 Å². The van der Waals surface area contributed by atoms with Gasteiger partial charge in [-0.25, -0.2) is 0 Å². The van der Waals surface area contributed by atoms with E-state index < -0.39 is 0 Å². The molecule has 0 aliphatic heterocycles. The molecule has 0 radical (unpaired) electrons. The van der Waals surface area contributed by atoms with Crippen LogP contribution < -0.4 is 10.4 Å². The highest BCUT2D eigenvalue weighted by atomic mass is 14.0. The molecular weight excluding hydrogens is 180 g/mol. The Morgan fingerprint density at radius 3 is 2.40 bits per heavy atom. The summed E-state index contributed by atoms with van der Waals surface area (Å²) in [5.41, 5.74) is 5.81. The average molecular weight is 190 g/mol. The second-order valence-electron chi connectivity index (χ2n) is 3.65. The molecule has 0 unspecified atom stereocenters. The number of hydrogen-bond donors (Lipinski definition) is 0. The van der Waals surface area contributed by atoms with Crippen LogP contribution in [0.5, 0.6) is 0 Å². The van der Waals surface area contributed by atoms with E-state index in [0.29, 0.717) is 0 Å². The minimum Gasteiger partial charge on any atom is -0.112 e. The molecule has 3 rings (SSSR count). The maximum absolute atomic E-state index is 3.33. The lowest BCUT2D eigenvalue weighted by atomic mass is 10.1. The Kier molecular flexibility index (Phi) is 1.81. The number of rotatable bonds is 0. The first kappa shape index (κ1) is 8.28. The monoisotopic (exact) mass is 190 g/mol. The molecule has 70 valence electrons. The maximum atomic E-state index is 3.33. The molecule has 0 saturated heterocycles. The van der Waals surface area contributed by atoms with E-state index in [4.69, 9.17) is 0 Å². The molecule has 15 heavy (non-hydrogen) atoms. The summed E-state index contributed by atoms with van der Waals surface area (Å²) < 4.78 is 0. The molecule has 0 heteroatoms. The van der Waals surface area contributed by atoms with Gasteiger partial charge in [0.05, 0.1) is 0 Å². The van der Waals surface area contributed by atoms with Gasteiger partial charge >= 0.3 is 0 Å². The zero-order valence-electron chi connectivity index (χ0n) is 8.27. The zero-order chi connectivity index (χ0) is 10.1. The van der Waals surface area contributed by atoms with Crippen molar-refractivity contribution in [3.8, 4) is 0 Å². The molecule has 0 heterocycles. The lowest BCUT2D eigenvalue weighted by Gasteiger charge is -1.96. The Morgan fingerprint density at radius 1 is 0.733 bits per heavy atom. The standard InChI is InChI=1S/C15H10/c1-3-7-14-11-15-8-4-2-6-13(15)10-9-12(14)5-1/h1-9,11H. The molecule has 1 aliphatic carbocycles. The van der Waals surface area contributed by atoms with Crippen LogP contribution in [0.15, 0.2) is 48.5 Å². The van der Waals surface area contributed by atoms with Crippen LogP contribution in [0.3, 0.4) is 0 Å². The fourth-order valence-electron chi connectivity index (χ4n) is 1.85. The normalized spacial score (nSPS) is 11.7. The first-order valence-corrected chi connectivity index (χ1v) is 5.06. The van der Waals surface area contributed by atoms with Crippen molar-refractivity contribution in [3.05, 3.63) is 70.1 Å². The number of fused-ring (bicyclic) bond motifs is 2. The molecule has 2 aromatic carbocycles. The summed E-state index contributed by atoms with van der Waals surface area (Å²) in [6.45, 7) is 0. The molecule has 0 nitrogen and oxygen atoms in total. The van der Waals surface area contributed by atoms with Crippen molar-refractivity contribution >= 4 is 17.9 Å². The second-order valence-corrected chi connectivity index (χ2v) is 3.65. The molecule has 0 fully saturated rings. The van der Waals surface area contributed by atoms with Gasteiger partial charge in [0.2, 0.25) is 0 Å². The van der Waals surface area contributed by atoms with Crippen LogP contribution in [0.4, 0.5) is 0 Å². The van der Waals surface area contributed by atoms with Crippen molar-refractivity contribution in [2.45, 2.75) is 0 Å². The molecular formula is C15H10. The first-order valence-electron chi connectivity index (χ1n) is 5.06. The van der Waals surface area contributed by atoms with E-state index >= 15 is 0 Å². The van der Waals surface area contributed by atoms with Crippen LogP contribution in [0, 0.1) is 0 Å². The molecule has 0 spiro atoms. The third-order valence-corrected chi connectivity index (χ3v) is 2.65. The topological polar surface area (TPSA) is 0 Å². The fourth-order valence-corrected chi connectivity index (χ4v) is 1.85. The van der Waals surface area contributed by atoms with Gasteiger partial charge in [0.25, 0.3) is 0 Å². The maximum Gasteiger partial charge on any atom is 0.0237 e. The third-order valence-electron chi connectivity index (χ3n) is 2.65. The number of hydrogen-bond acceptors (Lipinski definition) is 0. The van der Waals surface area contributed by atoms with Crippen molar-refractivity contribution in [1.29, 1.82) is 0 Å². The van der Waals surface area contributed by atoms with E-state index in [-0.39, 0.29) is 0 Å². The SMILES string of the molecule is C1=Cc2ccccc2C=c2ccccc2=1. The summed E-state index contributed by atoms with van der Waals surface area (Å²) in [6, 6.07) is 16.7.